The third-order valence-electron chi connectivity index (χ3n) is 4.67. The third-order valence-corrected chi connectivity index (χ3v) is 4.67. The van der Waals surface area contributed by atoms with Crippen molar-refractivity contribution in [2.75, 3.05) is 20.6 Å². The number of likely N-dealkylation sites (N-methyl/N-ethyl adjacent to an activating group) is 1. The van der Waals surface area contributed by atoms with Crippen LogP contribution in [0.3, 0.4) is 0 Å². The van der Waals surface area contributed by atoms with Gasteiger partial charge in [0.25, 0.3) is 5.56 Å². The molecule has 170 valence electrons. The third kappa shape index (κ3) is 4.92. The van der Waals surface area contributed by atoms with Crippen LogP contribution in [0.1, 0.15) is 17.8 Å². The van der Waals surface area contributed by atoms with E-state index in [1.165, 1.54) is 10.8 Å². The van der Waals surface area contributed by atoms with Gasteiger partial charge in [0.05, 0.1) is 18.2 Å². The number of halogens is 6. The molecule has 0 aliphatic carbocycles. The van der Waals surface area contributed by atoms with Crippen LogP contribution in [-0.2, 0) is 19.3 Å². The number of imidazole rings is 1. The van der Waals surface area contributed by atoms with E-state index in [2.05, 4.69) is 10.1 Å². The van der Waals surface area contributed by atoms with Crippen LogP contribution in [-0.4, -0.2) is 55.4 Å². The van der Waals surface area contributed by atoms with Gasteiger partial charge < -0.3 is 9.47 Å². The van der Waals surface area contributed by atoms with E-state index in [1.807, 2.05) is 4.90 Å². The standard InChI is InChI=1S/C18H20F6N6O/c1-11-9-30-15(31)13(12-8-25-28(10-12)5-4-17(19,20)21)14(18(22,23)24)26-16(30)29(11)7-6-27(2)3/h8-10H,4-7H2,1-3H3. The van der Waals surface area contributed by atoms with Crippen LogP contribution in [0.2, 0.25) is 0 Å². The minimum Gasteiger partial charge on any atom is -0.313 e. The average Bonchev–Trinajstić information content (AvgIpc) is 3.21. The van der Waals surface area contributed by atoms with E-state index >= 15 is 0 Å². The van der Waals surface area contributed by atoms with Crippen LogP contribution in [0.25, 0.3) is 16.9 Å². The monoisotopic (exact) mass is 450 g/mol. The lowest BCUT2D eigenvalue weighted by atomic mass is 10.1. The molecule has 0 atom stereocenters. The number of aromatic nitrogens is 5. The second kappa shape index (κ2) is 8.02. The van der Waals surface area contributed by atoms with Crippen molar-refractivity contribution in [3.63, 3.8) is 0 Å². The van der Waals surface area contributed by atoms with Crippen molar-refractivity contribution in [1.29, 1.82) is 0 Å². The Balaban J connectivity index is 2.15. The highest BCUT2D eigenvalue weighted by Crippen LogP contribution is 2.34. The van der Waals surface area contributed by atoms with E-state index in [4.69, 9.17) is 0 Å². The minimum atomic E-state index is -4.96. The molecule has 0 spiro atoms. The molecule has 0 N–H and O–H groups in total. The van der Waals surface area contributed by atoms with Gasteiger partial charge in [0.1, 0.15) is 0 Å². The topological polar surface area (TPSA) is 60.4 Å². The van der Waals surface area contributed by atoms with Crippen molar-refractivity contribution < 1.29 is 26.3 Å². The lowest BCUT2D eigenvalue weighted by molar-refractivity contribution is -0.140. The summed E-state index contributed by atoms with van der Waals surface area (Å²) in [5.41, 5.74) is -2.85. The lowest BCUT2D eigenvalue weighted by Gasteiger charge is -2.14. The van der Waals surface area contributed by atoms with Crippen LogP contribution in [0, 0.1) is 6.92 Å². The Labute approximate surface area is 172 Å². The number of alkyl halides is 6. The fourth-order valence-corrected chi connectivity index (χ4v) is 3.14. The summed E-state index contributed by atoms with van der Waals surface area (Å²) in [7, 11) is 3.60. The summed E-state index contributed by atoms with van der Waals surface area (Å²) >= 11 is 0. The van der Waals surface area contributed by atoms with Crippen molar-refractivity contribution in [2.24, 2.45) is 0 Å². The molecule has 3 aromatic heterocycles. The predicted octanol–water partition coefficient (Wildman–Crippen LogP) is 3.20. The first-order chi connectivity index (χ1) is 14.3. The van der Waals surface area contributed by atoms with Gasteiger partial charge in [-0.1, -0.05) is 0 Å². The number of fused-ring (bicyclic) bond motifs is 1. The largest absolute Gasteiger partial charge is 0.434 e. The molecule has 3 aromatic rings. The zero-order valence-corrected chi connectivity index (χ0v) is 16.9. The molecule has 0 fully saturated rings. The van der Waals surface area contributed by atoms with Gasteiger partial charge >= 0.3 is 12.4 Å². The summed E-state index contributed by atoms with van der Waals surface area (Å²) in [5, 5.41) is 3.67. The Hall–Kier alpha value is -2.83. The highest BCUT2D eigenvalue weighted by Gasteiger charge is 2.39. The molecule has 0 unspecified atom stereocenters. The number of rotatable bonds is 6. The van der Waals surface area contributed by atoms with Gasteiger partial charge in [-0.15, -0.1) is 0 Å². The maximum atomic E-state index is 13.8. The van der Waals surface area contributed by atoms with Crippen molar-refractivity contribution in [2.45, 2.75) is 38.8 Å². The normalized spacial score (nSPS) is 13.0. The predicted molar refractivity (Wildman–Crippen MR) is 99.6 cm³/mol. The number of aryl methyl sites for hydroxylation is 2. The molecule has 3 rings (SSSR count). The van der Waals surface area contributed by atoms with Crippen molar-refractivity contribution in [1.82, 2.24) is 28.6 Å². The van der Waals surface area contributed by atoms with Crippen molar-refractivity contribution in [3.8, 4) is 11.1 Å². The first-order valence-corrected chi connectivity index (χ1v) is 9.22. The van der Waals surface area contributed by atoms with Gasteiger partial charge in [-0.25, -0.2) is 4.98 Å². The van der Waals surface area contributed by atoms with Crippen molar-refractivity contribution in [3.05, 3.63) is 40.3 Å². The molecule has 13 heteroatoms. The smallest absolute Gasteiger partial charge is 0.313 e. The Kier molecular flexibility index (Phi) is 5.91. The lowest BCUT2D eigenvalue weighted by Crippen LogP contribution is -2.25. The molecule has 0 saturated carbocycles. The van der Waals surface area contributed by atoms with E-state index in [9.17, 15) is 31.1 Å². The zero-order valence-electron chi connectivity index (χ0n) is 16.9. The van der Waals surface area contributed by atoms with Crippen LogP contribution < -0.4 is 5.56 Å². The number of nitrogens with zero attached hydrogens (tertiary/aromatic N) is 6. The maximum absolute atomic E-state index is 13.8. The van der Waals surface area contributed by atoms with Gasteiger partial charge in [-0.05, 0) is 21.0 Å². The molecular weight excluding hydrogens is 430 g/mol. The SMILES string of the molecule is Cc1cn2c(=O)c(-c3cnn(CCC(F)(F)F)c3)c(C(F)(F)F)nc2n1CCN(C)C. The molecule has 0 bridgehead atoms. The molecular formula is C18H20F6N6O. The maximum Gasteiger partial charge on any atom is 0.434 e. The van der Waals surface area contributed by atoms with Gasteiger partial charge in [-0.2, -0.15) is 31.4 Å². The van der Waals surface area contributed by atoms with Gasteiger partial charge in [-0.3, -0.25) is 13.9 Å². The Morgan fingerprint density at radius 2 is 1.74 bits per heavy atom. The first-order valence-electron chi connectivity index (χ1n) is 9.22. The molecule has 0 aliphatic rings. The Morgan fingerprint density at radius 1 is 1.06 bits per heavy atom. The fraction of sp³-hybridized carbons (Fsp3) is 0.500. The summed E-state index contributed by atoms with van der Waals surface area (Å²) in [6, 6.07) is 0. The average molecular weight is 450 g/mol. The van der Waals surface area contributed by atoms with Crippen LogP contribution >= 0.6 is 0 Å². The molecule has 0 aliphatic heterocycles. The molecule has 0 aromatic carbocycles. The first kappa shape index (κ1) is 22.8. The van der Waals surface area contributed by atoms with Gasteiger partial charge in [0, 0.05) is 43.3 Å². The summed E-state index contributed by atoms with van der Waals surface area (Å²) in [4.78, 5) is 18.6. The highest BCUT2D eigenvalue weighted by atomic mass is 19.4. The number of hydrogen-bond donors (Lipinski definition) is 0. The van der Waals surface area contributed by atoms with E-state index in [0.717, 1.165) is 21.5 Å². The van der Waals surface area contributed by atoms with Gasteiger partial charge in [0.15, 0.2) is 5.69 Å². The molecule has 0 radical (unpaired) electrons. The van der Waals surface area contributed by atoms with E-state index in [0.29, 0.717) is 18.8 Å². The van der Waals surface area contributed by atoms with Gasteiger partial charge in [0.2, 0.25) is 5.78 Å². The summed E-state index contributed by atoms with van der Waals surface area (Å²) in [6.45, 7) is 1.89. The fourth-order valence-electron chi connectivity index (χ4n) is 3.14. The molecule has 31 heavy (non-hydrogen) atoms. The van der Waals surface area contributed by atoms with Crippen LogP contribution in [0.15, 0.2) is 23.4 Å². The second-order valence-corrected chi connectivity index (χ2v) is 7.39. The van der Waals surface area contributed by atoms with E-state index in [1.54, 1.807) is 21.0 Å². The zero-order chi connectivity index (χ0) is 23.1. The quantitative estimate of drug-likeness (QED) is 0.542. The van der Waals surface area contributed by atoms with Crippen LogP contribution in [0.4, 0.5) is 26.3 Å². The summed E-state index contributed by atoms with van der Waals surface area (Å²) in [6.07, 6.45) is -7.30. The van der Waals surface area contributed by atoms with E-state index in [-0.39, 0.29) is 11.3 Å². The van der Waals surface area contributed by atoms with Crippen LogP contribution in [0.5, 0.6) is 0 Å². The molecule has 0 amide bonds. The summed E-state index contributed by atoms with van der Waals surface area (Å²) < 4.78 is 82.1. The highest BCUT2D eigenvalue weighted by molar-refractivity contribution is 5.65. The van der Waals surface area contributed by atoms with E-state index < -0.39 is 42.1 Å². The number of hydrogen-bond acceptors (Lipinski definition) is 4. The Bertz CT molecular complexity index is 1140. The van der Waals surface area contributed by atoms with Crippen molar-refractivity contribution >= 4 is 5.78 Å². The minimum absolute atomic E-state index is 0.162. The second-order valence-electron chi connectivity index (χ2n) is 7.39. The molecule has 0 saturated heterocycles. The molecule has 7 nitrogen and oxygen atoms in total. The Morgan fingerprint density at radius 3 is 2.32 bits per heavy atom. The molecule has 3 heterocycles. The summed E-state index contributed by atoms with van der Waals surface area (Å²) in [5.74, 6) is -0.162.